The zero-order valence-corrected chi connectivity index (χ0v) is 11.0. The third-order valence-electron chi connectivity index (χ3n) is 3.33. The molecule has 0 aromatic heterocycles. The molecule has 1 saturated carbocycles. The summed E-state index contributed by atoms with van der Waals surface area (Å²) < 4.78 is 41.4. The maximum absolute atomic E-state index is 12.2. The molecule has 0 unspecified atom stereocenters. The molecule has 1 aromatic rings. The summed E-state index contributed by atoms with van der Waals surface area (Å²) in [6.07, 6.45) is -1.58. The average Bonchev–Trinajstić information content (AvgIpc) is 2.39. The fourth-order valence-corrected chi connectivity index (χ4v) is 2.31. The summed E-state index contributed by atoms with van der Waals surface area (Å²) in [5.41, 5.74) is 0.568. The van der Waals surface area contributed by atoms with Crippen LogP contribution >= 0.6 is 0 Å². The maximum atomic E-state index is 12.2. The fraction of sp³-hybridized carbons (Fsp3) is 0.571. The molecule has 1 aliphatic carbocycles. The van der Waals surface area contributed by atoms with Crippen molar-refractivity contribution in [1.82, 2.24) is 0 Å². The first kappa shape index (κ1) is 15.0. The molecule has 2 rings (SSSR count). The number of aliphatic hydroxyl groups excluding tert-OH is 1. The van der Waals surface area contributed by atoms with Gasteiger partial charge in [-0.3, -0.25) is 0 Å². The quantitative estimate of drug-likeness (QED) is 0.893. The zero-order valence-electron chi connectivity index (χ0n) is 11.0. The van der Waals surface area contributed by atoms with E-state index in [1.165, 1.54) is 6.07 Å². The average molecular weight is 289 g/mol. The van der Waals surface area contributed by atoms with E-state index < -0.39 is 12.8 Å². The van der Waals surface area contributed by atoms with Gasteiger partial charge in [0.2, 0.25) is 0 Å². The van der Waals surface area contributed by atoms with Crippen LogP contribution in [0.25, 0.3) is 0 Å². The molecule has 6 heteroatoms. The Hall–Kier alpha value is -1.43. The number of anilines is 1. The molecular weight excluding hydrogens is 271 g/mol. The Kier molecular flexibility index (Phi) is 4.75. The van der Waals surface area contributed by atoms with Crippen molar-refractivity contribution in [3.8, 4) is 5.75 Å². The van der Waals surface area contributed by atoms with Crippen molar-refractivity contribution in [2.75, 3.05) is 11.9 Å². The lowest BCUT2D eigenvalue weighted by atomic mass is 9.93. The van der Waals surface area contributed by atoms with E-state index in [4.69, 9.17) is 4.74 Å². The molecule has 0 heterocycles. The maximum Gasteiger partial charge on any atom is 0.422 e. The second-order valence-corrected chi connectivity index (χ2v) is 5.05. The molecule has 112 valence electrons. The van der Waals surface area contributed by atoms with Gasteiger partial charge in [-0.15, -0.1) is 0 Å². The van der Waals surface area contributed by atoms with Crippen molar-refractivity contribution in [3.05, 3.63) is 24.3 Å². The Bertz CT molecular complexity index is 429. The molecule has 0 spiro atoms. The van der Waals surface area contributed by atoms with Crippen LogP contribution in [0.3, 0.4) is 0 Å². The number of aliphatic hydroxyl groups is 1. The number of halogens is 3. The first-order valence-corrected chi connectivity index (χ1v) is 6.67. The van der Waals surface area contributed by atoms with Gasteiger partial charge in [0.25, 0.3) is 0 Å². The zero-order chi connectivity index (χ0) is 14.6. The summed E-state index contributed by atoms with van der Waals surface area (Å²) in [7, 11) is 0. The van der Waals surface area contributed by atoms with Crippen LogP contribution < -0.4 is 10.1 Å². The molecule has 0 radical (unpaired) electrons. The summed E-state index contributed by atoms with van der Waals surface area (Å²) in [6, 6.07) is 6.78. The van der Waals surface area contributed by atoms with Gasteiger partial charge in [0, 0.05) is 6.04 Å². The van der Waals surface area contributed by atoms with Crippen LogP contribution in [-0.2, 0) is 0 Å². The molecule has 0 saturated heterocycles. The molecule has 2 N–H and O–H groups in total. The van der Waals surface area contributed by atoms with Gasteiger partial charge in [0.1, 0.15) is 5.75 Å². The predicted octanol–water partition coefficient (Wildman–Crippen LogP) is 3.34. The second-order valence-electron chi connectivity index (χ2n) is 5.05. The number of hydrogen-bond acceptors (Lipinski definition) is 3. The van der Waals surface area contributed by atoms with E-state index in [2.05, 4.69) is 5.32 Å². The van der Waals surface area contributed by atoms with Crippen molar-refractivity contribution >= 4 is 5.69 Å². The standard InChI is InChI=1S/C14H18F3NO2/c15-14(16,17)9-20-13-4-2-1-3-12(13)18-10-5-7-11(19)8-6-10/h1-4,10-11,18-19H,5-9H2. The van der Waals surface area contributed by atoms with E-state index in [0.717, 1.165) is 12.8 Å². The molecule has 20 heavy (non-hydrogen) atoms. The Balaban J connectivity index is 1.97. The van der Waals surface area contributed by atoms with E-state index in [-0.39, 0.29) is 17.9 Å². The highest BCUT2D eigenvalue weighted by molar-refractivity contribution is 5.56. The van der Waals surface area contributed by atoms with Gasteiger partial charge < -0.3 is 15.2 Å². The third kappa shape index (κ3) is 4.59. The van der Waals surface area contributed by atoms with Gasteiger partial charge in [-0.2, -0.15) is 13.2 Å². The molecule has 0 aliphatic heterocycles. The number of nitrogens with one attached hydrogen (secondary N) is 1. The first-order chi connectivity index (χ1) is 9.44. The van der Waals surface area contributed by atoms with Crippen LogP contribution in [0.5, 0.6) is 5.75 Å². The van der Waals surface area contributed by atoms with Crippen LogP contribution in [0, 0.1) is 0 Å². The largest absolute Gasteiger partial charge is 0.482 e. The van der Waals surface area contributed by atoms with Gasteiger partial charge in [-0.25, -0.2) is 0 Å². The summed E-state index contributed by atoms with van der Waals surface area (Å²) in [4.78, 5) is 0. The van der Waals surface area contributed by atoms with E-state index in [1.54, 1.807) is 18.2 Å². The van der Waals surface area contributed by atoms with Crippen LogP contribution in [-0.4, -0.2) is 30.0 Å². The van der Waals surface area contributed by atoms with E-state index in [9.17, 15) is 18.3 Å². The minimum atomic E-state index is -4.35. The van der Waals surface area contributed by atoms with Crippen molar-refractivity contribution in [1.29, 1.82) is 0 Å². The topological polar surface area (TPSA) is 41.5 Å². The number of ether oxygens (including phenoxy) is 1. The highest BCUT2D eigenvalue weighted by atomic mass is 19.4. The normalized spacial score (nSPS) is 23.4. The number of rotatable bonds is 4. The van der Waals surface area contributed by atoms with Gasteiger partial charge in [-0.1, -0.05) is 12.1 Å². The third-order valence-corrected chi connectivity index (χ3v) is 3.33. The van der Waals surface area contributed by atoms with Crippen LogP contribution in [0.15, 0.2) is 24.3 Å². The summed E-state index contributed by atoms with van der Waals surface area (Å²) in [6.45, 7) is -1.30. The fourth-order valence-electron chi connectivity index (χ4n) is 2.31. The molecule has 0 bridgehead atoms. The minimum Gasteiger partial charge on any atom is -0.482 e. The number of alkyl halides is 3. The van der Waals surface area contributed by atoms with Crippen molar-refractivity contribution in [2.45, 2.75) is 44.0 Å². The van der Waals surface area contributed by atoms with E-state index in [0.29, 0.717) is 18.5 Å². The smallest absolute Gasteiger partial charge is 0.422 e. The lowest BCUT2D eigenvalue weighted by molar-refractivity contribution is -0.153. The Morgan fingerprint density at radius 2 is 1.80 bits per heavy atom. The van der Waals surface area contributed by atoms with Gasteiger partial charge in [0.15, 0.2) is 6.61 Å². The minimum absolute atomic E-state index is 0.161. The predicted molar refractivity (Wildman–Crippen MR) is 69.9 cm³/mol. The highest BCUT2D eigenvalue weighted by Gasteiger charge is 2.29. The second kappa shape index (κ2) is 6.35. The summed E-state index contributed by atoms with van der Waals surface area (Å²) in [5, 5.41) is 12.6. The molecule has 1 aromatic carbocycles. The lowest BCUT2D eigenvalue weighted by Crippen LogP contribution is -2.28. The van der Waals surface area contributed by atoms with E-state index >= 15 is 0 Å². The number of hydrogen-bond donors (Lipinski definition) is 2. The Labute approximate surface area is 115 Å². The highest BCUT2D eigenvalue weighted by Crippen LogP contribution is 2.29. The molecule has 3 nitrogen and oxygen atoms in total. The lowest BCUT2D eigenvalue weighted by Gasteiger charge is -2.27. The summed E-state index contributed by atoms with van der Waals surface area (Å²) >= 11 is 0. The van der Waals surface area contributed by atoms with E-state index in [1.807, 2.05) is 0 Å². The SMILES string of the molecule is OC1CCC(Nc2ccccc2OCC(F)(F)F)CC1. The molecule has 1 aliphatic rings. The summed E-state index contributed by atoms with van der Waals surface area (Å²) in [5.74, 6) is 0.205. The molecule has 0 amide bonds. The van der Waals surface area contributed by atoms with Crippen LogP contribution in [0.4, 0.5) is 18.9 Å². The van der Waals surface area contributed by atoms with Crippen molar-refractivity contribution in [2.24, 2.45) is 0 Å². The monoisotopic (exact) mass is 289 g/mol. The van der Waals surface area contributed by atoms with Crippen molar-refractivity contribution in [3.63, 3.8) is 0 Å². The Morgan fingerprint density at radius 1 is 1.15 bits per heavy atom. The molecule has 1 fully saturated rings. The van der Waals surface area contributed by atoms with Gasteiger partial charge >= 0.3 is 6.18 Å². The van der Waals surface area contributed by atoms with Gasteiger partial charge in [-0.05, 0) is 37.8 Å². The number of para-hydroxylation sites is 2. The molecular formula is C14H18F3NO2. The van der Waals surface area contributed by atoms with Crippen molar-refractivity contribution < 1.29 is 23.0 Å². The number of benzene rings is 1. The van der Waals surface area contributed by atoms with Crippen LogP contribution in [0.2, 0.25) is 0 Å². The molecule has 0 atom stereocenters. The first-order valence-electron chi connectivity index (χ1n) is 6.67. The van der Waals surface area contributed by atoms with Gasteiger partial charge in [0.05, 0.1) is 11.8 Å². The van der Waals surface area contributed by atoms with Crippen LogP contribution in [0.1, 0.15) is 25.7 Å². The Morgan fingerprint density at radius 3 is 2.45 bits per heavy atom.